The largest absolute Gasteiger partial charge is 0.480 e. The van der Waals surface area contributed by atoms with E-state index in [1.165, 1.54) is 0 Å². The number of hydrogen-bond donors (Lipinski definition) is 1. The maximum Gasteiger partial charge on any atom is 0.323 e. The summed E-state index contributed by atoms with van der Waals surface area (Å²) in [7, 11) is 1.83. The molecule has 4 nitrogen and oxygen atoms in total. The van der Waals surface area contributed by atoms with Crippen molar-refractivity contribution >= 4 is 17.7 Å². The molecule has 0 aromatic heterocycles. The minimum atomic E-state index is -0.813. The number of thioether (sulfide) groups is 1. The average molecular weight is 249 g/mol. The average Bonchev–Trinajstić information content (AvgIpc) is 2.15. The highest BCUT2D eigenvalue weighted by atomic mass is 32.2. The minimum Gasteiger partial charge on any atom is -0.480 e. The lowest BCUT2D eigenvalue weighted by molar-refractivity contribution is -0.145. The van der Waals surface area contributed by atoms with Gasteiger partial charge in [0.25, 0.3) is 0 Å². The van der Waals surface area contributed by atoms with Crippen molar-refractivity contribution in [3.05, 3.63) is 0 Å². The molecule has 0 saturated carbocycles. The third-order valence-corrected chi connectivity index (χ3v) is 2.75. The Bertz CT molecular complexity index is 200. The zero-order valence-electron chi connectivity index (χ0n) is 10.6. The summed E-state index contributed by atoms with van der Waals surface area (Å²) in [5.41, 5.74) is 0. The van der Waals surface area contributed by atoms with E-state index >= 15 is 0 Å². The molecule has 0 rings (SSSR count). The van der Waals surface area contributed by atoms with E-state index in [4.69, 9.17) is 9.84 Å². The third-order valence-electron chi connectivity index (χ3n) is 2.18. The van der Waals surface area contributed by atoms with Gasteiger partial charge in [-0.3, -0.25) is 9.69 Å². The molecule has 1 N–H and O–H groups in total. The fraction of sp³-hybridized carbons (Fsp3) is 0.909. The molecule has 0 fully saturated rings. The molecule has 0 spiro atoms. The van der Waals surface area contributed by atoms with Gasteiger partial charge in [0.05, 0.1) is 13.2 Å². The summed E-state index contributed by atoms with van der Waals surface area (Å²) in [5.74, 6) is 0.547. The first-order valence-electron chi connectivity index (χ1n) is 5.48. The predicted octanol–water partition coefficient (Wildman–Crippen LogP) is 1.41. The van der Waals surface area contributed by atoms with Crippen molar-refractivity contribution in [1.29, 1.82) is 0 Å². The summed E-state index contributed by atoms with van der Waals surface area (Å²) in [6.45, 7) is 5.79. The van der Waals surface area contributed by atoms with Gasteiger partial charge in [0.2, 0.25) is 0 Å². The quantitative estimate of drug-likeness (QED) is 0.626. The van der Waals surface area contributed by atoms with E-state index in [-0.39, 0.29) is 6.61 Å². The van der Waals surface area contributed by atoms with Gasteiger partial charge in [-0.15, -0.1) is 0 Å². The number of hydrogen-bond acceptors (Lipinski definition) is 4. The van der Waals surface area contributed by atoms with Crippen molar-refractivity contribution in [3.63, 3.8) is 0 Å². The Morgan fingerprint density at radius 3 is 2.56 bits per heavy atom. The topological polar surface area (TPSA) is 49.8 Å². The molecular formula is C11H23NO3S. The van der Waals surface area contributed by atoms with E-state index in [1.807, 2.05) is 18.2 Å². The van der Waals surface area contributed by atoms with Crippen molar-refractivity contribution in [2.24, 2.45) is 5.92 Å². The molecule has 0 amide bonds. The molecule has 0 aliphatic rings. The standard InChI is InChI=1S/C11H23NO3S/c1-9(2)7-12(3)10(11(13)14)8-15-5-6-16-4/h9-10H,5-8H2,1-4H3,(H,13,14). The van der Waals surface area contributed by atoms with Crippen LogP contribution in [0.1, 0.15) is 13.8 Å². The summed E-state index contributed by atoms with van der Waals surface area (Å²) < 4.78 is 5.36. The first-order valence-corrected chi connectivity index (χ1v) is 6.88. The fourth-order valence-corrected chi connectivity index (χ4v) is 1.71. The Labute approximate surface area is 102 Å². The molecule has 1 atom stereocenters. The van der Waals surface area contributed by atoms with Crippen LogP contribution < -0.4 is 0 Å². The molecule has 0 aliphatic carbocycles. The highest BCUT2D eigenvalue weighted by Gasteiger charge is 2.23. The molecule has 0 aromatic carbocycles. The summed E-state index contributed by atoms with van der Waals surface area (Å²) in [6.07, 6.45) is 2.00. The molecule has 96 valence electrons. The number of likely N-dealkylation sites (N-methyl/N-ethyl adjacent to an activating group) is 1. The molecule has 5 heteroatoms. The number of carboxylic acid groups (broad SMARTS) is 1. The molecule has 1 unspecified atom stereocenters. The first kappa shape index (κ1) is 15.7. The van der Waals surface area contributed by atoms with Gasteiger partial charge in [-0.25, -0.2) is 0 Å². The summed E-state index contributed by atoms with van der Waals surface area (Å²) in [6, 6.07) is -0.538. The van der Waals surface area contributed by atoms with Crippen LogP contribution in [0.4, 0.5) is 0 Å². The van der Waals surface area contributed by atoms with Crippen molar-refractivity contribution in [2.45, 2.75) is 19.9 Å². The van der Waals surface area contributed by atoms with E-state index in [0.717, 1.165) is 12.3 Å². The minimum absolute atomic E-state index is 0.263. The zero-order valence-corrected chi connectivity index (χ0v) is 11.4. The van der Waals surface area contributed by atoms with Gasteiger partial charge in [0, 0.05) is 12.3 Å². The van der Waals surface area contributed by atoms with Crippen LogP contribution in [0, 0.1) is 5.92 Å². The van der Waals surface area contributed by atoms with E-state index in [1.54, 1.807) is 11.8 Å². The van der Waals surface area contributed by atoms with E-state index < -0.39 is 12.0 Å². The van der Waals surface area contributed by atoms with Gasteiger partial charge in [-0.2, -0.15) is 11.8 Å². The molecule has 0 radical (unpaired) electrons. The van der Waals surface area contributed by atoms with E-state index in [2.05, 4.69) is 13.8 Å². The van der Waals surface area contributed by atoms with Crippen molar-refractivity contribution in [2.75, 3.05) is 38.8 Å². The van der Waals surface area contributed by atoms with Crippen LogP contribution in [0.5, 0.6) is 0 Å². The van der Waals surface area contributed by atoms with Crippen molar-refractivity contribution in [1.82, 2.24) is 4.90 Å². The Hall–Kier alpha value is -0.260. The normalized spacial score (nSPS) is 13.4. The molecule has 0 saturated heterocycles. The lowest BCUT2D eigenvalue weighted by Crippen LogP contribution is -2.43. The number of aliphatic carboxylic acids is 1. The third kappa shape index (κ3) is 7.09. The zero-order chi connectivity index (χ0) is 12.6. The number of carboxylic acids is 1. The number of nitrogens with zero attached hydrogens (tertiary/aromatic N) is 1. The Morgan fingerprint density at radius 1 is 1.50 bits per heavy atom. The van der Waals surface area contributed by atoms with Crippen LogP contribution in [0.3, 0.4) is 0 Å². The molecule has 0 aromatic rings. The predicted molar refractivity (Wildman–Crippen MR) is 68.1 cm³/mol. The fourth-order valence-electron chi connectivity index (χ4n) is 1.43. The molecule has 0 bridgehead atoms. The van der Waals surface area contributed by atoms with E-state index in [9.17, 15) is 4.79 Å². The highest BCUT2D eigenvalue weighted by molar-refractivity contribution is 7.98. The highest BCUT2D eigenvalue weighted by Crippen LogP contribution is 2.03. The van der Waals surface area contributed by atoms with Gasteiger partial charge in [-0.05, 0) is 19.2 Å². The van der Waals surface area contributed by atoms with Crippen molar-refractivity contribution < 1.29 is 14.6 Å². The second-order valence-electron chi connectivity index (χ2n) is 4.26. The van der Waals surface area contributed by atoms with Crippen LogP contribution in [0.25, 0.3) is 0 Å². The number of carbonyl (C=O) groups is 1. The van der Waals surface area contributed by atoms with Gasteiger partial charge in [0.15, 0.2) is 0 Å². The van der Waals surface area contributed by atoms with Gasteiger partial charge < -0.3 is 9.84 Å². The van der Waals surface area contributed by atoms with Crippen LogP contribution in [-0.4, -0.2) is 60.8 Å². The first-order chi connectivity index (χ1) is 7.49. The SMILES string of the molecule is CSCCOCC(C(=O)O)N(C)CC(C)C. The Morgan fingerprint density at radius 2 is 2.12 bits per heavy atom. The monoisotopic (exact) mass is 249 g/mol. The molecule has 0 aliphatic heterocycles. The number of rotatable bonds is 9. The second kappa shape index (κ2) is 8.84. The maximum atomic E-state index is 11.1. The van der Waals surface area contributed by atoms with Gasteiger partial charge in [-0.1, -0.05) is 13.8 Å². The lowest BCUT2D eigenvalue weighted by Gasteiger charge is -2.25. The van der Waals surface area contributed by atoms with Crippen LogP contribution in [-0.2, 0) is 9.53 Å². The lowest BCUT2D eigenvalue weighted by atomic mass is 10.2. The summed E-state index contributed by atoms with van der Waals surface area (Å²) in [4.78, 5) is 12.9. The van der Waals surface area contributed by atoms with Crippen LogP contribution >= 0.6 is 11.8 Å². The Kier molecular flexibility index (Phi) is 8.70. The Balaban J connectivity index is 4.01. The summed E-state index contributed by atoms with van der Waals surface area (Å²) >= 11 is 1.69. The maximum absolute atomic E-state index is 11.1. The summed E-state index contributed by atoms with van der Waals surface area (Å²) in [5, 5.41) is 9.09. The molecule has 0 heterocycles. The number of ether oxygens (including phenoxy) is 1. The molecule has 16 heavy (non-hydrogen) atoms. The van der Waals surface area contributed by atoms with E-state index in [0.29, 0.717) is 12.5 Å². The van der Waals surface area contributed by atoms with Gasteiger partial charge >= 0.3 is 5.97 Å². The molecular weight excluding hydrogens is 226 g/mol. The van der Waals surface area contributed by atoms with Crippen molar-refractivity contribution in [3.8, 4) is 0 Å². The van der Waals surface area contributed by atoms with Gasteiger partial charge in [0.1, 0.15) is 6.04 Å². The van der Waals surface area contributed by atoms with Crippen LogP contribution in [0.2, 0.25) is 0 Å². The smallest absolute Gasteiger partial charge is 0.323 e. The van der Waals surface area contributed by atoms with Crippen LogP contribution in [0.15, 0.2) is 0 Å². The second-order valence-corrected chi connectivity index (χ2v) is 5.24.